The molecule has 2 N–H and O–H groups in total. The van der Waals surface area contributed by atoms with Crippen LogP contribution < -0.4 is 10.6 Å². The van der Waals surface area contributed by atoms with Crippen molar-refractivity contribution in [3.8, 4) is 0 Å². The number of halogens is 1. The van der Waals surface area contributed by atoms with Gasteiger partial charge in [-0.15, -0.1) is 0 Å². The summed E-state index contributed by atoms with van der Waals surface area (Å²) in [7, 11) is -3.88. The Bertz CT molecular complexity index is 1310. The summed E-state index contributed by atoms with van der Waals surface area (Å²) >= 11 is 0. The number of nitrogens with two attached hydrogens (primary N) is 1. The van der Waals surface area contributed by atoms with Gasteiger partial charge in [0.05, 0.1) is 10.5 Å². The molecule has 0 bridgehead atoms. The van der Waals surface area contributed by atoms with Crippen LogP contribution in [-0.4, -0.2) is 50.8 Å². The molecule has 0 aliphatic carbocycles. The molecule has 1 fully saturated rings. The molecule has 3 aromatic carbocycles. The van der Waals surface area contributed by atoms with Crippen molar-refractivity contribution in [2.24, 2.45) is 5.73 Å². The van der Waals surface area contributed by atoms with Crippen LogP contribution in [0.3, 0.4) is 0 Å². The Morgan fingerprint density at radius 1 is 0.886 bits per heavy atom. The van der Waals surface area contributed by atoms with E-state index in [0.717, 1.165) is 5.69 Å². The van der Waals surface area contributed by atoms with Crippen molar-refractivity contribution in [2.45, 2.75) is 11.0 Å². The average molecular weight is 498 g/mol. The van der Waals surface area contributed by atoms with Crippen LogP contribution in [-0.2, 0) is 19.6 Å². The number of carbonyl (C=O) groups excluding carboxylic acids is 2. The van der Waals surface area contributed by atoms with Crippen molar-refractivity contribution in [3.63, 3.8) is 0 Å². The fourth-order valence-electron chi connectivity index (χ4n) is 3.86. The monoisotopic (exact) mass is 497 g/mol. The quantitative estimate of drug-likeness (QED) is 0.503. The van der Waals surface area contributed by atoms with Crippen LogP contribution in [0.5, 0.6) is 0 Å². The summed E-state index contributed by atoms with van der Waals surface area (Å²) < 4.78 is 46.3. The predicted molar refractivity (Wildman–Crippen MR) is 128 cm³/mol. The van der Waals surface area contributed by atoms with Gasteiger partial charge < -0.3 is 15.4 Å². The molecule has 0 spiro atoms. The fraction of sp³-hybridized carbons (Fsp3) is 0.200. The van der Waals surface area contributed by atoms with E-state index in [-0.39, 0.29) is 29.4 Å². The highest BCUT2D eigenvalue weighted by molar-refractivity contribution is 7.89. The number of sulfonamides is 1. The lowest BCUT2D eigenvalue weighted by atomic mass is 10.1. The van der Waals surface area contributed by atoms with Gasteiger partial charge in [0.2, 0.25) is 16.1 Å². The van der Waals surface area contributed by atoms with Gasteiger partial charge >= 0.3 is 5.97 Å². The number of hydrogen-bond donors (Lipinski definition) is 1. The third-order valence-corrected chi connectivity index (χ3v) is 7.62. The average Bonchev–Trinajstić information content (AvgIpc) is 2.88. The first-order chi connectivity index (χ1) is 16.8. The third kappa shape index (κ3) is 5.50. The standard InChI is InChI=1S/C25H24FN3O5S/c26-20-9-11-21(12-10-20)28-13-15-29(16-14-28)35(32,33)22-8-4-7-19(17-22)25(31)34-23(24(27)30)18-5-2-1-3-6-18/h1-12,17,23H,13-16H2,(H2,27,30)/t23-/m0/s1. The Balaban J connectivity index is 1.47. The molecule has 0 unspecified atom stereocenters. The third-order valence-electron chi connectivity index (χ3n) is 5.72. The van der Waals surface area contributed by atoms with Crippen molar-refractivity contribution in [2.75, 3.05) is 31.1 Å². The minimum atomic E-state index is -3.88. The molecule has 10 heteroatoms. The van der Waals surface area contributed by atoms with Gasteiger partial charge in [0, 0.05) is 37.4 Å². The Morgan fingerprint density at radius 3 is 2.17 bits per heavy atom. The van der Waals surface area contributed by atoms with E-state index in [1.807, 2.05) is 4.90 Å². The summed E-state index contributed by atoms with van der Waals surface area (Å²) in [5, 5.41) is 0. The SMILES string of the molecule is NC(=O)[C@@H](OC(=O)c1cccc(S(=O)(=O)N2CCN(c3ccc(F)cc3)CC2)c1)c1ccccc1. The van der Waals surface area contributed by atoms with Gasteiger partial charge in [-0.1, -0.05) is 36.4 Å². The number of benzene rings is 3. The van der Waals surface area contributed by atoms with Crippen LogP contribution in [0.4, 0.5) is 10.1 Å². The number of primary amides is 1. The van der Waals surface area contributed by atoms with Crippen molar-refractivity contribution < 1.29 is 27.1 Å². The summed E-state index contributed by atoms with van der Waals surface area (Å²) in [5.74, 6) is -2.04. The zero-order chi connectivity index (χ0) is 25.0. The summed E-state index contributed by atoms with van der Waals surface area (Å²) in [4.78, 5) is 26.5. The summed E-state index contributed by atoms with van der Waals surface area (Å²) in [6.07, 6.45) is -1.30. The summed E-state index contributed by atoms with van der Waals surface area (Å²) in [5.41, 5.74) is 6.62. The van der Waals surface area contributed by atoms with Crippen LogP contribution in [0.1, 0.15) is 22.0 Å². The molecular weight excluding hydrogens is 473 g/mol. The number of rotatable bonds is 7. The molecular formula is C25H24FN3O5S. The van der Waals surface area contributed by atoms with Crippen LogP contribution in [0.15, 0.2) is 83.8 Å². The van der Waals surface area contributed by atoms with Gasteiger partial charge in [0.25, 0.3) is 5.91 Å². The highest BCUT2D eigenvalue weighted by Crippen LogP contribution is 2.24. The number of piperazine rings is 1. The number of nitrogens with zero attached hydrogens (tertiary/aromatic N) is 2. The van der Waals surface area contributed by atoms with E-state index in [1.54, 1.807) is 42.5 Å². The van der Waals surface area contributed by atoms with E-state index in [4.69, 9.17) is 10.5 Å². The number of hydrogen-bond acceptors (Lipinski definition) is 6. The first kappa shape index (κ1) is 24.4. The molecule has 8 nitrogen and oxygen atoms in total. The molecule has 1 aliphatic rings. The second-order valence-electron chi connectivity index (χ2n) is 7.99. The molecule has 35 heavy (non-hydrogen) atoms. The Morgan fingerprint density at radius 2 is 1.54 bits per heavy atom. The summed E-state index contributed by atoms with van der Waals surface area (Å²) in [6.45, 7) is 1.33. The van der Waals surface area contributed by atoms with Crippen LogP contribution in [0.25, 0.3) is 0 Å². The van der Waals surface area contributed by atoms with Crippen LogP contribution >= 0.6 is 0 Å². The molecule has 0 aromatic heterocycles. The Hall–Kier alpha value is -3.76. The predicted octanol–water partition coefficient (Wildman–Crippen LogP) is 2.72. The van der Waals surface area contributed by atoms with Gasteiger partial charge in [-0.05, 0) is 42.5 Å². The minimum absolute atomic E-state index is 0.0156. The molecule has 1 atom stereocenters. The van der Waals surface area contributed by atoms with E-state index in [9.17, 15) is 22.4 Å². The largest absolute Gasteiger partial charge is 0.444 e. The van der Waals surface area contributed by atoms with Crippen LogP contribution in [0, 0.1) is 5.82 Å². The van der Waals surface area contributed by atoms with E-state index in [1.165, 1.54) is 40.7 Å². The topological polar surface area (TPSA) is 110 Å². The van der Waals surface area contributed by atoms with Crippen molar-refractivity contribution in [1.29, 1.82) is 0 Å². The van der Waals surface area contributed by atoms with Gasteiger partial charge in [-0.25, -0.2) is 17.6 Å². The van der Waals surface area contributed by atoms with Crippen molar-refractivity contribution in [3.05, 3.63) is 95.8 Å². The minimum Gasteiger partial charge on any atom is -0.444 e. The highest BCUT2D eigenvalue weighted by Gasteiger charge is 2.30. The molecule has 1 heterocycles. The molecule has 1 saturated heterocycles. The Labute approximate surface area is 202 Å². The van der Waals surface area contributed by atoms with E-state index in [2.05, 4.69) is 0 Å². The smallest absolute Gasteiger partial charge is 0.339 e. The van der Waals surface area contributed by atoms with Crippen molar-refractivity contribution in [1.82, 2.24) is 4.31 Å². The lowest BCUT2D eigenvalue weighted by Gasteiger charge is -2.35. The highest BCUT2D eigenvalue weighted by atomic mass is 32.2. The normalized spacial score (nSPS) is 15.4. The lowest BCUT2D eigenvalue weighted by Crippen LogP contribution is -2.48. The van der Waals surface area contributed by atoms with Gasteiger partial charge in [-0.3, -0.25) is 4.79 Å². The first-order valence-electron chi connectivity index (χ1n) is 10.9. The maximum atomic E-state index is 13.2. The summed E-state index contributed by atoms with van der Waals surface area (Å²) in [6, 6.07) is 19.9. The van der Waals surface area contributed by atoms with E-state index < -0.39 is 28.0 Å². The van der Waals surface area contributed by atoms with Gasteiger partial charge in [0.1, 0.15) is 5.82 Å². The zero-order valence-electron chi connectivity index (χ0n) is 18.7. The maximum Gasteiger partial charge on any atom is 0.339 e. The van der Waals surface area contributed by atoms with E-state index >= 15 is 0 Å². The molecule has 0 radical (unpaired) electrons. The molecule has 4 rings (SSSR count). The molecule has 182 valence electrons. The van der Waals surface area contributed by atoms with Gasteiger partial charge in [-0.2, -0.15) is 4.31 Å². The molecule has 1 amide bonds. The second-order valence-corrected chi connectivity index (χ2v) is 9.93. The number of esters is 1. The molecule has 0 saturated carbocycles. The molecule has 3 aromatic rings. The van der Waals surface area contributed by atoms with Gasteiger partial charge in [0.15, 0.2) is 0 Å². The number of anilines is 1. The van der Waals surface area contributed by atoms with Crippen LogP contribution in [0.2, 0.25) is 0 Å². The first-order valence-corrected chi connectivity index (χ1v) is 12.4. The molecule has 1 aliphatic heterocycles. The fourth-order valence-corrected chi connectivity index (χ4v) is 5.33. The second kappa shape index (κ2) is 10.2. The zero-order valence-corrected chi connectivity index (χ0v) is 19.5. The van der Waals surface area contributed by atoms with E-state index in [0.29, 0.717) is 18.7 Å². The Kier molecular flexibility index (Phi) is 7.13. The number of ether oxygens (including phenoxy) is 1. The van der Waals surface area contributed by atoms with Crippen molar-refractivity contribution >= 4 is 27.6 Å². The maximum absolute atomic E-state index is 13.2. The lowest BCUT2D eigenvalue weighted by molar-refractivity contribution is -0.127. The number of amides is 1. The number of carbonyl (C=O) groups is 2.